The van der Waals surface area contributed by atoms with Crippen LogP contribution in [0.1, 0.15) is 25.7 Å². The number of benzene rings is 1. The molecule has 1 N–H and O–H groups in total. The summed E-state index contributed by atoms with van der Waals surface area (Å²) >= 11 is 0. The van der Waals surface area contributed by atoms with E-state index >= 15 is 0 Å². The fourth-order valence-corrected chi connectivity index (χ4v) is 4.57. The van der Waals surface area contributed by atoms with Gasteiger partial charge in [-0.05, 0) is 50.3 Å². The van der Waals surface area contributed by atoms with Crippen molar-refractivity contribution in [1.29, 1.82) is 0 Å². The summed E-state index contributed by atoms with van der Waals surface area (Å²) in [6.45, 7) is 1.86. The second kappa shape index (κ2) is 7.27. The first-order valence-corrected chi connectivity index (χ1v) is 9.92. The molecule has 1 heterocycles. The third-order valence-electron chi connectivity index (χ3n) is 4.83. The molecular formula is C16H23N3O5S. The van der Waals surface area contributed by atoms with Gasteiger partial charge >= 0.3 is 5.69 Å². The summed E-state index contributed by atoms with van der Waals surface area (Å²) in [4.78, 5) is 10.4. The van der Waals surface area contributed by atoms with Crippen LogP contribution in [0, 0.1) is 16.0 Å². The molecule has 0 spiro atoms. The Labute approximate surface area is 147 Å². The van der Waals surface area contributed by atoms with Gasteiger partial charge < -0.3 is 10.1 Å². The Bertz CT molecular complexity index is 740. The van der Waals surface area contributed by atoms with Crippen LogP contribution in [0.2, 0.25) is 0 Å². The maximum atomic E-state index is 12.8. The van der Waals surface area contributed by atoms with E-state index in [0.29, 0.717) is 19.1 Å². The number of hydrogen-bond acceptors (Lipinski definition) is 6. The van der Waals surface area contributed by atoms with Crippen LogP contribution in [0.3, 0.4) is 0 Å². The number of sulfonamides is 1. The molecular weight excluding hydrogens is 346 g/mol. The molecule has 0 aromatic heterocycles. The maximum Gasteiger partial charge on any atom is 0.312 e. The third kappa shape index (κ3) is 4.10. The van der Waals surface area contributed by atoms with Crippen molar-refractivity contribution in [1.82, 2.24) is 9.62 Å². The SMILES string of the molecule is COc1ccc(S(=O)(=O)N2CCC(NCC3CC3)CC2)cc1[N+](=O)[O-]. The Balaban J connectivity index is 1.69. The normalized spacial score (nSPS) is 19.7. The number of piperidine rings is 1. The van der Waals surface area contributed by atoms with E-state index in [1.165, 1.54) is 36.4 Å². The molecule has 0 amide bonds. The lowest BCUT2D eigenvalue weighted by molar-refractivity contribution is -0.386. The third-order valence-corrected chi connectivity index (χ3v) is 6.73. The molecule has 1 aliphatic heterocycles. The highest BCUT2D eigenvalue weighted by molar-refractivity contribution is 7.89. The topological polar surface area (TPSA) is 102 Å². The molecule has 25 heavy (non-hydrogen) atoms. The lowest BCUT2D eigenvalue weighted by atomic mass is 10.1. The molecule has 8 nitrogen and oxygen atoms in total. The molecule has 1 aliphatic carbocycles. The van der Waals surface area contributed by atoms with E-state index in [1.807, 2.05) is 0 Å². The van der Waals surface area contributed by atoms with Crippen LogP contribution in [-0.4, -0.2) is 50.4 Å². The van der Waals surface area contributed by atoms with Crippen LogP contribution >= 0.6 is 0 Å². The van der Waals surface area contributed by atoms with Gasteiger partial charge in [0.1, 0.15) is 0 Å². The van der Waals surface area contributed by atoms with E-state index in [0.717, 1.165) is 31.4 Å². The largest absolute Gasteiger partial charge is 0.490 e. The molecule has 0 radical (unpaired) electrons. The van der Waals surface area contributed by atoms with Gasteiger partial charge in [-0.15, -0.1) is 0 Å². The van der Waals surface area contributed by atoms with Crippen LogP contribution < -0.4 is 10.1 Å². The summed E-state index contributed by atoms with van der Waals surface area (Å²) in [6, 6.07) is 4.11. The van der Waals surface area contributed by atoms with Crippen molar-refractivity contribution in [3.8, 4) is 5.75 Å². The molecule has 1 aromatic carbocycles. The summed E-state index contributed by atoms with van der Waals surface area (Å²) in [5.74, 6) is 0.841. The Morgan fingerprint density at radius 1 is 1.28 bits per heavy atom. The van der Waals surface area contributed by atoms with E-state index < -0.39 is 14.9 Å². The molecule has 0 bridgehead atoms. The molecule has 9 heteroatoms. The Kier molecular flexibility index (Phi) is 5.26. The van der Waals surface area contributed by atoms with Gasteiger partial charge in [0.05, 0.1) is 16.9 Å². The molecule has 2 fully saturated rings. The molecule has 1 aromatic rings. The number of nitrogens with one attached hydrogen (secondary N) is 1. The van der Waals surface area contributed by atoms with Crippen LogP contribution in [-0.2, 0) is 10.0 Å². The molecule has 1 saturated heterocycles. The fourth-order valence-electron chi connectivity index (χ4n) is 3.08. The summed E-state index contributed by atoms with van der Waals surface area (Å²) in [7, 11) is -2.42. The minimum absolute atomic E-state index is 0.0481. The van der Waals surface area contributed by atoms with E-state index in [-0.39, 0.29) is 16.3 Å². The standard InChI is InChI=1S/C16H23N3O5S/c1-24-16-5-4-14(10-15(16)19(20)21)25(22,23)18-8-6-13(7-9-18)17-11-12-2-3-12/h4-5,10,12-13,17H,2-3,6-9,11H2,1H3. The van der Waals surface area contributed by atoms with Crippen LogP contribution in [0.4, 0.5) is 5.69 Å². The van der Waals surface area contributed by atoms with Crippen LogP contribution in [0.5, 0.6) is 5.75 Å². The Morgan fingerprint density at radius 2 is 1.96 bits per heavy atom. The molecule has 138 valence electrons. The first-order valence-electron chi connectivity index (χ1n) is 8.48. The molecule has 0 atom stereocenters. The number of nitrogens with zero attached hydrogens (tertiary/aromatic N) is 2. The first kappa shape index (κ1) is 18.1. The van der Waals surface area contributed by atoms with Gasteiger partial charge in [0.2, 0.25) is 10.0 Å². The number of ether oxygens (including phenoxy) is 1. The highest BCUT2D eigenvalue weighted by Crippen LogP contribution is 2.31. The zero-order chi connectivity index (χ0) is 18.0. The van der Waals surface area contributed by atoms with E-state index in [4.69, 9.17) is 4.74 Å². The van der Waals surface area contributed by atoms with E-state index in [1.54, 1.807) is 0 Å². The van der Waals surface area contributed by atoms with Gasteiger partial charge in [0, 0.05) is 25.2 Å². The fraction of sp³-hybridized carbons (Fsp3) is 0.625. The number of rotatable bonds is 7. The minimum atomic E-state index is -3.74. The zero-order valence-electron chi connectivity index (χ0n) is 14.2. The number of methoxy groups -OCH3 is 1. The van der Waals surface area contributed by atoms with Gasteiger partial charge in [-0.2, -0.15) is 4.31 Å². The van der Waals surface area contributed by atoms with Crippen molar-refractivity contribution in [3.05, 3.63) is 28.3 Å². The Morgan fingerprint density at radius 3 is 2.52 bits per heavy atom. The van der Waals surface area contributed by atoms with Crippen molar-refractivity contribution >= 4 is 15.7 Å². The van der Waals surface area contributed by atoms with Crippen molar-refractivity contribution < 1.29 is 18.1 Å². The van der Waals surface area contributed by atoms with Gasteiger partial charge in [0.25, 0.3) is 0 Å². The summed E-state index contributed by atoms with van der Waals surface area (Å²) in [5, 5.41) is 14.6. The predicted octanol–water partition coefficient (Wildman–Crippen LogP) is 1.76. The molecule has 3 rings (SSSR count). The van der Waals surface area contributed by atoms with Gasteiger partial charge in [-0.1, -0.05) is 0 Å². The highest BCUT2D eigenvalue weighted by atomic mass is 32.2. The summed E-state index contributed by atoms with van der Waals surface area (Å²) in [6.07, 6.45) is 4.08. The average molecular weight is 369 g/mol. The first-order chi connectivity index (χ1) is 11.9. The van der Waals surface area contributed by atoms with Crippen molar-refractivity contribution in [2.24, 2.45) is 5.92 Å². The van der Waals surface area contributed by atoms with Crippen LogP contribution in [0.15, 0.2) is 23.1 Å². The Hall–Kier alpha value is -1.71. The van der Waals surface area contributed by atoms with E-state index in [2.05, 4.69) is 5.32 Å². The molecule has 1 saturated carbocycles. The van der Waals surface area contributed by atoms with Crippen molar-refractivity contribution in [2.45, 2.75) is 36.6 Å². The van der Waals surface area contributed by atoms with Crippen LogP contribution in [0.25, 0.3) is 0 Å². The lowest BCUT2D eigenvalue weighted by Gasteiger charge is -2.31. The second-order valence-electron chi connectivity index (χ2n) is 6.62. The maximum absolute atomic E-state index is 12.8. The lowest BCUT2D eigenvalue weighted by Crippen LogP contribution is -2.45. The van der Waals surface area contributed by atoms with E-state index in [9.17, 15) is 18.5 Å². The number of hydrogen-bond donors (Lipinski definition) is 1. The quantitative estimate of drug-likeness (QED) is 0.580. The molecule has 2 aliphatic rings. The number of nitro benzene ring substituents is 1. The highest BCUT2D eigenvalue weighted by Gasteiger charge is 2.32. The van der Waals surface area contributed by atoms with Crippen molar-refractivity contribution in [2.75, 3.05) is 26.7 Å². The van der Waals surface area contributed by atoms with Gasteiger partial charge in [0.15, 0.2) is 5.75 Å². The average Bonchev–Trinajstić information content (AvgIpc) is 3.44. The van der Waals surface area contributed by atoms with Crippen molar-refractivity contribution in [3.63, 3.8) is 0 Å². The summed E-state index contributed by atoms with van der Waals surface area (Å²) in [5.41, 5.74) is -0.343. The second-order valence-corrected chi connectivity index (χ2v) is 8.56. The smallest absolute Gasteiger partial charge is 0.312 e. The summed E-state index contributed by atoms with van der Waals surface area (Å²) < 4.78 is 31.9. The predicted molar refractivity (Wildman–Crippen MR) is 92.2 cm³/mol. The monoisotopic (exact) mass is 369 g/mol. The zero-order valence-corrected chi connectivity index (χ0v) is 15.0. The number of nitro groups is 1. The van der Waals surface area contributed by atoms with Gasteiger partial charge in [-0.25, -0.2) is 8.42 Å². The molecule has 0 unspecified atom stereocenters. The minimum Gasteiger partial charge on any atom is -0.490 e. The van der Waals surface area contributed by atoms with Gasteiger partial charge in [-0.3, -0.25) is 10.1 Å².